The van der Waals surface area contributed by atoms with Crippen LogP contribution in [0.25, 0.3) is 0 Å². The number of nitrogens with zero attached hydrogens (tertiary/aromatic N) is 1. The third-order valence-corrected chi connectivity index (χ3v) is 4.72. The summed E-state index contributed by atoms with van der Waals surface area (Å²) in [5, 5.41) is 10.4. The highest BCUT2D eigenvalue weighted by atomic mass is 19.1. The third kappa shape index (κ3) is 3.04. The molecule has 22 heavy (non-hydrogen) atoms. The Kier molecular flexibility index (Phi) is 4.00. The number of carbonyl (C=O) groups is 2. The molecule has 1 N–H and O–H groups in total. The van der Waals surface area contributed by atoms with E-state index in [0.717, 1.165) is 18.4 Å². The lowest BCUT2D eigenvalue weighted by molar-refractivity contribution is -0.143. The van der Waals surface area contributed by atoms with Gasteiger partial charge in [0.15, 0.2) is 0 Å². The van der Waals surface area contributed by atoms with Gasteiger partial charge in [0.05, 0.1) is 18.1 Å². The quantitative estimate of drug-likeness (QED) is 0.866. The molecule has 0 aromatic heterocycles. The van der Waals surface area contributed by atoms with Crippen LogP contribution >= 0.6 is 0 Å². The Labute approximate surface area is 128 Å². The third-order valence-electron chi connectivity index (χ3n) is 4.72. The molecule has 1 saturated carbocycles. The van der Waals surface area contributed by atoms with Gasteiger partial charge in [-0.15, -0.1) is 0 Å². The fourth-order valence-corrected chi connectivity index (χ4v) is 3.47. The van der Waals surface area contributed by atoms with Crippen LogP contribution < -0.4 is 0 Å². The number of amides is 2. The van der Waals surface area contributed by atoms with Crippen LogP contribution in [0.1, 0.15) is 37.7 Å². The summed E-state index contributed by atoms with van der Waals surface area (Å²) >= 11 is 0. The van der Waals surface area contributed by atoms with Crippen molar-refractivity contribution in [3.8, 4) is 0 Å². The summed E-state index contributed by atoms with van der Waals surface area (Å²) in [6.45, 7) is 0.116. The number of halogens is 1. The second-order valence-electron chi connectivity index (χ2n) is 6.48. The molecule has 3 rings (SSSR count). The SMILES string of the molecule is O=C1C[C@H](Cc2ccc(F)cc2)C(=O)N1CC1(O)CCCC1. The van der Waals surface area contributed by atoms with E-state index in [0.29, 0.717) is 19.3 Å². The number of benzene rings is 1. The summed E-state index contributed by atoms with van der Waals surface area (Å²) in [6, 6.07) is 5.99. The summed E-state index contributed by atoms with van der Waals surface area (Å²) in [4.78, 5) is 25.8. The minimum absolute atomic E-state index is 0.116. The first-order valence-electron chi connectivity index (χ1n) is 7.78. The Hall–Kier alpha value is -1.75. The van der Waals surface area contributed by atoms with Crippen molar-refractivity contribution in [1.82, 2.24) is 4.90 Å². The van der Waals surface area contributed by atoms with Crippen LogP contribution in [0, 0.1) is 11.7 Å². The van der Waals surface area contributed by atoms with Crippen molar-refractivity contribution >= 4 is 11.8 Å². The summed E-state index contributed by atoms with van der Waals surface area (Å²) in [5.41, 5.74) is -0.0650. The summed E-state index contributed by atoms with van der Waals surface area (Å²) < 4.78 is 12.9. The summed E-state index contributed by atoms with van der Waals surface area (Å²) in [6.07, 6.45) is 3.77. The molecule has 0 spiro atoms. The second-order valence-corrected chi connectivity index (χ2v) is 6.48. The highest BCUT2D eigenvalue weighted by molar-refractivity contribution is 6.03. The Balaban J connectivity index is 1.67. The van der Waals surface area contributed by atoms with Crippen LogP contribution in [0.4, 0.5) is 4.39 Å². The van der Waals surface area contributed by atoms with Crippen molar-refractivity contribution in [3.05, 3.63) is 35.6 Å². The maximum absolute atomic E-state index is 12.9. The van der Waals surface area contributed by atoms with E-state index in [1.165, 1.54) is 17.0 Å². The van der Waals surface area contributed by atoms with E-state index < -0.39 is 11.5 Å². The van der Waals surface area contributed by atoms with E-state index in [-0.39, 0.29) is 30.6 Å². The van der Waals surface area contributed by atoms with Gasteiger partial charge >= 0.3 is 0 Å². The molecule has 0 bridgehead atoms. The number of hydrogen-bond donors (Lipinski definition) is 1. The second kappa shape index (κ2) is 5.80. The Bertz CT molecular complexity index is 578. The normalized spacial score (nSPS) is 24.3. The van der Waals surface area contributed by atoms with Crippen molar-refractivity contribution in [2.75, 3.05) is 6.54 Å². The maximum Gasteiger partial charge on any atom is 0.233 e. The van der Waals surface area contributed by atoms with E-state index >= 15 is 0 Å². The molecule has 1 aromatic carbocycles. The topological polar surface area (TPSA) is 57.6 Å². The largest absolute Gasteiger partial charge is 0.388 e. The van der Waals surface area contributed by atoms with Gasteiger partial charge in [-0.25, -0.2) is 4.39 Å². The standard InChI is InChI=1S/C17H20FNO3/c18-14-5-3-12(4-6-14)9-13-10-15(20)19(16(13)21)11-17(22)7-1-2-8-17/h3-6,13,22H,1-2,7-11H2/t13-/m0/s1. The van der Waals surface area contributed by atoms with E-state index in [2.05, 4.69) is 0 Å². The fourth-order valence-electron chi connectivity index (χ4n) is 3.47. The zero-order chi connectivity index (χ0) is 15.7. The van der Waals surface area contributed by atoms with Gasteiger partial charge in [-0.3, -0.25) is 14.5 Å². The molecule has 1 aliphatic carbocycles. The molecule has 1 atom stereocenters. The molecule has 1 aliphatic heterocycles. The molecular formula is C17H20FNO3. The predicted molar refractivity (Wildman–Crippen MR) is 78.3 cm³/mol. The van der Waals surface area contributed by atoms with Crippen LogP contribution in [0.5, 0.6) is 0 Å². The maximum atomic E-state index is 12.9. The zero-order valence-corrected chi connectivity index (χ0v) is 12.4. The number of β-amino-alcohol motifs (C(OH)–C–C–N with tert-alkyl or cyclic N) is 1. The number of rotatable bonds is 4. The average molecular weight is 305 g/mol. The monoisotopic (exact) mass is 305 g/mol. The first-order valence-corrected chi connectivity index (χ1v) is 7.78. The van der Waals surface area contributed by atoms with Gasteiger partial charge in [0.1, 0.15) is 5.82 Å². The van der Waals surface area contributed by atoms with E-state index in [9.17, 15) is 19.1 Å². The molecule has 0 unspecified atom stereocenters. The lowest BCUT2D eigenvalue weighted by Crippen LogP contribution is -2.44. The first-order chi connectivity index (χ1) is 10.5. The van der Waals surface area contributed by atoms with Gasteiger partial charge in [0, 0.05) is 6.42 Å². The molecule has 2 amide bonds. The Morgan fingerprint density at radius 1 is 1.18 bits per heavy atom. The number of likely N-dealkylation sites (tertiary alicyclic amines) is 1. The minimum Gasteiger partial charge on any atom is -0.388 e. The number of aliphatic hydroxyl groups is 1. The Morgan fingerprint density at radius 2 is 1.82 bits per heavy atom. The molecule has 1 saturated heterocycles. The molecular weight excluding hydrogens is 285 g/mol. The molecule has 4 nitrogen and oxygen atoms in total. The van der Waals surface area contributed by atoms with Gasteiger partial charge in [-0.1, -0.05) is 25.0 Å². The van der Waals surface area contributed by atoms with Gasteiger partial charge in [0.2, 0.25) is 11.8 Å². The first kappa shape index (κ1) is 15.2. The van der Waals surface area contributed by atoms with Gasteiger partial charge in [0.25, 0.3) is 0 Å². The lowest BCUT2D eigenvalue weighted by atomic mass is 9.97. The van der Waals surface area contributed by atoms with Crippen molar-refractivity contribution in [3.63, 3.8) is 0 Å². The Morgan fingerprint density at radius 3 is 2.45 bits per heavy atom. The molecule has 2 aliphatic rings. The van der Waals surface area contributed by atoms with E-state index in [4.69, 9.17) is 0 Å². The van der Waals surface area contributed by atoms with Gasteiger partial charge in [-0.2, -0.15) is 0 Å². The minimum atomic E-state index is -0.907. The smallest absolute Gasteiger partial charge is 0.233 e. The molecule has 1 aromatic rings. The number of imide groups is 1. The highest BCUT2D eigenvalue weighted by Gasteiger charge is 2.43. The number of hydrogen-bond acceptors (Lipinski definition) is 3. The van der Waals surface area contributed by atoms with Crippen molar-refractivity contribution in [2.24, 2.45) is 5.92 Å². The van der Waals surface area contributed by atoms with E-state index in [1.54, 1.807) is 12.1 Å². The predicted octanol–water partition coefficient (Wildman–Crippen LogP) is 2.05. The molecule has 1 heterocycles. The number of carbonyl (C=O) groups excluding carboxylic acids is 2. The van der Waals surface area contributed by atoms with Crippen LogP contribution in [-0.2, 0) is 16.0 Å². The zero-order valence-electron chi connectivity index (χ0n) is 12.4. The molecule has 5 heteroatoms. The van der Waals surface area contributed by atoms with Crippen LogP contribution in [-0.4, -0.2) is 34.0 Å². The van der Waals surface area contributed by atoms with Crippen LogP contribution in [0.15, 0.2) is 24.3 Å². The lowest BCUT2D eigenvalue weighted by Gasteiger charge is -2.27. The highest BCUT2D eigenvalue weighted by Crippen LogP contribution is 2.33. The molecule has 118 valence electrons. The van der Waals surface area contributed by atoms with Gasteiger partial charge in [-0.05, 0) is 37.0 Å². The fraction of sp³-hybridized carbons (Fsp3) is 0.529. The van der Waals surface area contributed by atoms with Crippen LogP contribution in [0.3, 0.4) is 0 Å². The van der Waals surface area contributed by atoms with Crippen LogP contribution in [0.2, 0.25) is 0 Å². The van der Waals surface area contributed by atoms with Crippen molar-refractivity contribution in [2.45, 2.75) is 44.1 Å². The van der Waals surface area contributed by atoms with Crippen molar-refractivity contribution in [1.29, 1.82) is 0 Å². The average Bonchev–Trinajstić information content (AvgIpc) is 3.02. The van der Waals surface area contributed by atoms with E-state index in [1.807, 2.05) is 0 Å². The summed E-state index contributed by atoms with van der Waals surface area (Å²) in [5.74, 6) is -1.14. The molecule has 2 fully saturated rings. The summed E-state index contributed by atoms with van der Waals surface area (Å²) in [7, 11) is 0. The molecule has 0 radical (unpaired) electrons. The van der Waals surface area contributed by atoms with Crippen molar-refractivity contribution < 1.29 is 19.1 Å². The van der Waals surface area contributed by atoms with Gasteiger partial charge < -0.3 is 5.11 Å².